The quantitative estimate of drug-likeness (QED) is 0.476. The highest BCUT2D eigenvalue weighted by Gasteiger charge is 2.34. The third-order valence-corrected chi connectivity index (χ3v) is 5.01. The van der Waals surface area contributed by atoms with Crippen molar-refractivity contribution in [1.29, 1.82) is 0 Å². The first-order valence-electron chi connectivity index (χ1n) is 9.83. The number of nitrogens with zero attached hydrogens (tertiary/aromatic N) is 2. The lowest BCUT2D eigenvalue weighted by Crippen LogP contribution is -2.42. The first kappa shape index (κ1) is 20.1. The number of imide groups is 1. The topological polar surface area (TPSA) is 101 Å². The van der Waals surface area contributed by atoms with Crippen molar-refractivity contribution in [2.24, 2.45) is 0 Å². The number of hydrazine groups is 1. The molecule has 2 N–H and O–H groups in total. The lowest BCUT2D eigenvalue weighted by Gasteiger charge is -2.14. The van der Waals surface area contributed by atoms with Crippen molar-refractivity contribution in [2.75, 3.05) is 6.54 Å². The third-order valence-electron chi connectivity index (χ3n) is 5.01. The molecule has 3 aromatic rings. The summed E-state index contributed by atoms with van der Waals surface area (Å²) in [6.45, 7) is 0.129. The van der Waals surface area contributed by atoms with Crippen molar-refractivity contribution < 1.29 is 19.2 Å². The van der Waals surface area contributed by atoms with Crippen LogP contribution in [0.1, 0.15) is 43.9 Å². The summed E-state index contributed by atoms with van der Waals surface area (Å²) in [7, 11) is 0. The minimum absolute atomic E-state index is 0.0485. The van der Waals surface area contributed by atoms with Crippen LogP contribution in [-0.4, -0.2) is 39.6 Å². The number of carbonyl (C=O) groups excluding carboxylic acids is 4. The molecular weight excluding hydrogens is 396 g/mol. The highest BCUT2D eigenvalue weighted by atomic mass is 16.2. The van der Waals surface area contributed by atoms with Crippen LogP contribution >= 0.6 is 0 Å². The van der Waals surface area contributed by atoms with Crippen molar-refractivity contribution in [2.45, 2.75) is 12.8 Å². The molecule has 4 rings (SSSR count). The van der Waals surface area contributed by atoms with E-state index in [2.05, 4.69) is 10.9 Å². The van der Waals surface area contributed by atoms with E-state index in [1.807, 2.05) is 30.6 Å². The van der Waals surface area contributed by atoms with E-state index in [0.29, 0.717) is 22.4 Å². The standard InChI is InChI=1S/C23H20N4O4/c28-20(12-7-15-27-22(30)16-8-1-2-9-17(16)23(27)31)24-25-21(29)18-10-3-4-11-19(18)26-13-5-6-14-26/h1-6,8-11,13-14H,7,12,15H2,(H,24,28)(H,25,29). The predicted octanol–water partition coefficient (Wildman–Crippen LogP) is 2.31. The number of benzene rings is 2. The van der Waals surface area contributed by atoms with Gasteiger partial charge in [-0.05, 0) is 42.8 Å². The number of fused-ring (bicyclic) bond motifs is 1. The van der Waals surface area contributed by atoms with Gasteiger partial charge in [-0.1, -0.05) is 24.3 Å². The molecule has 2 heterocycles. The van der Waals surface area contributed by atoms with Gasteiger partial charge < -0.3 is 4.57 Å². The Morgan fingerprint density at radius 3 is 2.06 bits per heavy atom. The van der Waals surface area contributed by atoms with Gasteiger partial charge in [-0.25, -0.2) is 0 Å². The molecule has 0 saturated carbocycles. The highest BCUT2D eigenvalue weighted by Crippen LogP contribution is 2.22. The fourth-order valence-corrected chi connectivity index (χ4v) is 3.48. The number of amides is 4. The van der Waals surface area contributed by atoms with Crippen LogP contribution in [0.15, 0.2) is 73.1 Å². The number of para-hydroxylation sites is 1. The number of carbonyl (C=O) groups is 4. The Hall–Kier alpha value is -4.20. The van der Waals surface area contributed by atoms with Gasteiger partial charge in [-0.3, -0.25) is 34.9 Å². The average Bonchev–Trinajstić information content (AvgIpc) is 3.41. The van der Waals surface area contributed by atoms with E-state index in [4.69, 9.17) is 0 Å². The summed E-state index contributed by atoms with van der Waals surface area (Å²) >= 11 is 0. The Balaban J connectivity index is 1.28. The molecule has 0 spiro atoms. The van der Waals surface area contributed by atoms with Crippen LogP contribution in [0.3, 0.4) is 0 Å². The molecule has 0 aliphatic carbocycles. The fourth-order valence-electron chi connectivity index (χ4n) is 3.48. The number of hydrogen-bond acceptors (Lipinski definition) is 4. The number of hydrogen-bond donors (Lipinski definition) is 2. The summed E-state index contributed by atoms with van der Waals surface area (Å²) in [5.74, 6) is -1.56. The zero-order valence-corrected chi connectivity index (χ0v) is 16.6. The Morgan fingerprint density at radius 1 is 0.774 bits per heavy atom. The molecule has 2 aromatic carbocycles. The molecule has 1 aliphatic rings. The third kappa shape index (κ3) is 4.09. The van der Waals surface area contributed by atoms with Gasteiger partial charge in [0.25, 0.3) is 17.7 Å². The van der Waals surface area contributed by atoms with E-state index >= 15 is 0 Å². The molecule has 8 nitrogen and oxygen atoms in total. The van der Waals surface area contributed by atoms with E-state index in [1.165, 1.54) is 0 Å². The van der Waals surface area contributed by atoms with E-state index in [9.17, 15) is 19.2 Å². The smallest absolute Gasteiger partial charge is 0.271 e. The summed E-state index contributed by atoms with van der Waals surface area (Å²) in [6, 6.07) is 17.4. The van der Waals surface area contributed by atoms with Crippen molar-refractivity contribution in [3.63, 3.8) is 0 Å². The summed E-state index contributed by atoms with van der Waals surface area (Å²) in [6.07, 6.45) is 3.98. The molecule has 1 aromatic heterocycles. The highest BCUT2D eigenvalue weighted by molar-refractivity contribution is 6.21. The van der Waals surface area contributed by atoms with Gasteiger partial charge in [-0.15, -0.1) is 0 Å². The lowest BCUT2D eigenvalue weighted by molar-refractivity contribution is -0.122. The zero-order chi connectivity index (χ0) is 21.8. The first-order chi connectivity index (χ1) is 15.1. The molecule has 0 radical (unpaired) electrons. The Bertz CT molecular complexity index is 1120. The maximum Gasteiger partial charge on any atom is 0.271 e. The predicted molar refractivity (Wildman–Crippen MR) is 112 cm³/mol. The zero-order valence-electron chi connectivity index (χ0n) is 16.6. The molecule has 0 unspecified atom stereocenters. The second-order valence-corrected chi connectivity index (χ2v) is 7.02. The van der Waals surface area contributed by atoms with Crippen LogP contribution in [0.5, 0.6) is 0 Å². The van der Waals surface area contributed by atoms with Gasteiger partial charge in [0.2, 0.25) is 5.91 Å². The number of rotatable bonds is 6. The largest absolute Gasteiger partial charge is 0.323 e. The summed E-state index contributed by atoms with van der Waals surface area (Å²) < 4.78 is 1.80. The molecule has 0 bridgehead atoms. The van der Waals surface area contributed by atoms with Crippen molar-refractivity contribution in [1.82, 2.24) is 20.3 Å². The second kappa shape index (κ2) is 8.66. The van der Waals surface area contributed by atoms with Crippen LogP contribution in [0.4, 0.5) is 0 Å². The van der Waals surface area contributed by atoms with Crippen molar-refractivity contribution in [3.05, 3.63) is 89.7 Å². The fraction of sp³-hybridized carbons (Fsp3) is 0.130. The SMILES string of the molecule is O=C(CCCN1C(=O)c2ccccc2C1=O)NNC(=O)c1ccccc1-n1cccc1. The van der Waals surface area contributed by atoms with Crippen molar-refractivity contribution in [3.8, 4) is 5.69 Å². The summed E-state index contributed by atoms with van der Waals surface area (Å²) in [5, 5.41) is 0. The number of aromatic nitrogens is 1. The molecule has 0 fully saturated rings. The minimum atomic E-state index is -0.446. The van der Waals surface area contributed by atoms with Gasteiger partial charge in [0, 0.05) is 25.4 Å². The van der Waals surface area contributed by atoms with Gasteiger partial charge in [0.15, 0.2) is 0 Å². The molecule has 1 aliphatic heterocycles. The van der Waals surface area contributed by atoms with Crippen molar-refractivity contribution >= 4 is 23.6 Å². The molecule has 8 heteroatoms. The van der Waals surface area contributed by atoms with E-state index in [1.54, 1.807) is 47.0 Å². The monoisotopic (exact) mass is 416 g/mol. The maximum absolute atomic E-state index is 12.5. The molecule has 156 valence electrons. The van der Waals surface area contributed by atoms with E-state index < -0.39 is 11.8 Å². The van der Waals surface area contributed by atoms with Gasteiger partial charge >= 0.3 is 0 Å². The average molecular weight is 416 g/mol. The van der Waals surface area contributed by atoms with E-state index in [-0.39, 0.29) is 31.2 Å². The Labute approximate surface area is 178 Å². The number of nitrogens with one attached hydrogen (secondary N) is 2. The van der Waals surface area contributed by atoms with Crippen LogP contribution in [-0.2, 0) is 4.79 Å². The minimum Gasteiger partial charge on any atom is -0.323 e. The normalized spacial score (nSPS) is 12.6. The van der Waals surface area contributed by atoms with Gasteiger partial charge in [0.05, 0.1) is 22.4 Å². The summed E-state index contributed by atoms with van der Waals surface area (Å²) in [5.41, 5.74) is 6.65. The van der Waals surface area contributed by atoms with Crippen LogP contribution in [0.2, 0.25) is 0 Å². The van der Waals surface area contributed by atoms with Crippen LogP contribution < -0.4 is 10.9 Å². The molecule has 31 heavy (non-hydrogen) atoms. The van der Waals surface area contributed by atoms with Crippen LogP contribution in [0.25, 0.3) is 5.69 Å². The molecular formula is C23H20N4O4. The van der Waals surface area contributed by atoms with E-state index in [0.717, 1.165) is 4.90 Å². The molecule has 0 saturated heterocycles. The lowest BCUT2D eigenvalue weighted by atomic mass is 10.1. The molecule has 0 atom stereocenters. The van der Waals surface area contributed by atoms with Gasteiger partial charge in [-0.2, -0.15) is 0 Å². The second-order valence-electron chi connectivity index (χ2n) is 7.02. The Kier molecular flexibility index (Phi) is 5.61. The first-order valence-corrected chi connectivity index (χ1v) is 9.83. The Morgan fingerprint density at radius 2 is 1.39 bits per heavy atom. The van der Waals surface area contributed by atoms with Gasteiger partial charge in [0.1, 0.15) is 0 Å². The summed E-state index contributed by atoms with van der Waals surface area (Å²) in [4.78, 5) is 50.5. The molecule has 4 amide bonds. The maximum atomic E-state index is 12.5. The van der Waals surface area contributed by atoms with Crippen LogP contribution in [0, 0.1) is 0 Å².